The van der Waals surface area contributed by atoms with Crippen LogP contribution in [0.25, 0.3) is 0 Å². The van der Waals surface area contributed by atoms with Crippen molar-refractivity contribution >= 4 is 21.8 Å². The summed E-state index contributed by atoms with van der Waals surface area (Å²) < 4.78 is 76.9. The quantitative estimate of drug-likeness (QED) is 0.522. The molecule has 1 aromatic carbocycles. The average Bonchev–Trinajstić information content (AvgIpc) is 2.47. The fourth-order valence-electron chi connectivity index (χ4n) is 2.59. The van der Waals surface area contributed by atoms with Gasteiger partial charge >= 0.3 is 12.4 Å². The molecular weight excluding hydrogens is 404 g/mol. The van der Waals surface area contributed by atoms with Crippen LogP contribution in [0.4, 0.5) is 26.3 Å². The molecule has 134 valence electrons. The summed E-state index contributed by atoms with van der Waals surface area (Å²) in [4.78, 5) is 12.1. The van der Waals surface area contributed by atoms with Gasteiger partial charge in [0.25, 0.3) is 5.91 Å². The molecule has 0 heterocycles. The van der Waals surface area contributed by atoms with Gasteiger partial charge in [-0.15, -0.1) is 0 Å². The lowest BCUT2D eigenvalue weighted by Crippen LogP contribution is -2.42. The highest BCUT2D eigenvalue weighted by atomic mass is 79.9. The second-order valence-electron chi connectivity index (χ2n) is 5.67. The predicted octanol–water partition coefficient (Wildman–Crippen LogP) is 5.16. The molecule has 0 bridgehead atoms. The zero-order valence-electron chi connectivity index (χ0n) is 12.3. The summed E-state index contributed by atoms with van der Waals surface area (Å²) in [5, 5.41) is 2.52. The van der Waals surface area contributed by atoms with Crippen molar-refractivity contribution in [1.29, 1.82) is 0 Å². The van der Waals surface area contributed by atoms with Crippen LogP contribution in [-0.2, 0) is 12.4 Å². The molecule has 9 heteroatoms. The molecule has 0 aromatic heterocycles. The third kappa shape index (κ3) is 4.64. The topological polar surface area (TPSA) is 29.1 Å². The summed E-state index contributed by atoms with van der Waals surface area (Å²) in [7, 11) is 0. The number of amides is 1. The Hall–Kier alpha value is -1.25. The van der Waals surface area contributed by atoms with Crippen molar-refractivity contribution in [2.24, 2.45) is 0 Å². The van der Waals surface area contributed by atoms with E-state index < -0.39 is 35.0 Å². The smallest absolute Gasteiger partial charge is 0.348 e. The Balaban J connectivity index is 2.32. The molecule has 2 atom stereocenters. The Kier molecular flexibility index (Phi) is 5.51. The first kappa shape index (κ1) is 19.1. The highest BCUT2D eigenvalue weighted by Crippen LogP contribution is 2.36. The Bertz CT molecular complexity index is 581. The van der Waals surface area contributed by atoms with Crippen molar-refractivity contribution in [2.45, 2.75) is 48.9 Å². The fraction of sp³-hybridized carbons (Fsp3) is 0.533. The van der Waals surface area contributed by atoms with E-state index in [4.69, 9.17) is 0 Å². The monoisotopic (exact) mass is 417 g/mol. The van der Waals surface area contributed by atoms with Crippen LogP contribution in [0.5, 0.6) is 0 Å². The number of nitrogens with one attached hydrogen (secondary N) is 1. The zero-order valence-corrected chi connectivity index (χ0v) is 13.9. The lowest BCUT2D eigenvalue weighted by Gasteiger charge is -2.28. The van der Waals surface area contributed by atoms with Crippen molar-refractivity contribution in [2.75, 3.05) is 0 Å². The largest absolute Gasteiger partial charge is 0.416 e. The summed E-state index contributed by atoms with van der Waals surface area (Å²) in [6, 6.07) is 0.563. The van der Waals surface area contributed by atoms with Gasteiger partial charge in [-0.3, -0.25) is 4.79 Å². The van der Waals surface area contributed by atoms with Gasteiger partial charge in [0.2, 0.25) is 0 Å². The number of benzene rings is 1. The van der Waals surface area contributed by atoms with E-state index in [1.54, 1.807) is 0 Å². The normalized spacial score (nSPS) is 22.3. The Morgan fingerprint density at radius 2 is 1.46 bits per heavy atom. The van der Waals surface area contributed by atoms with Gasteiger partial charge in [-0.05, 0) is 31.0 Å². The molecule has 2 nitrogen and oxygen atoms in total. The SMILES string of the molecule is O=C(NC1CCCCC1Br)c1cc(C(F)(F)F)cc(C(F)(F)F)c1. The Labute approximate surface area is 142 Å². The average molecular weight is 418 g/mol. The number of rotatable bonds is 2. The molecule has 0 radical (unpaired) electrons. The van der Waals surface area contributed by atoms with Crippen molar-refractivity contribution in [1.82, 2.24) is 5.32 Å². The molecule has 0 spiro atoms. The highest BCUT2D eigenvalue weighted by Gasteiger charge is 2.37. The van der Waals surface area contributed by atoms with E-state index in [9.17, 15) is 31.1 Å². The number of halogens is 7. The van der Waals surface area contributed by atoms with Crippen LogP contribution in [0.3, 0.4) is 0 Å². The second-order valence-corrected chi connectivity index (χ2v) is 6.85. The van der Waals surface area contributed by atoms with E-state index in [2.05, 4.69) is 21.2 Å². The number of hydrogen-bond donors (Lipinski definition) is 1. The standard InChI is InChI=1S/C15H14BrF6NO/c16-11-3-1-2-4-12(11)23-13(24)8-5-9(14(17,18)19)7-10(6-8)15(20,21)22/h5-7,11-12H,1-4H2,(H,23,24). The molecule has 24 heavy (non-hydrogen) atoms. The Morgan fingerprint density at radius 3 is 1.92 bits per heavy atom. The third-order valence-electron chi connectivity index (χ3n) is 3.85. The van der Waals surface area contributed by atoms with Gasteiger partial charge in [0.05, 0.1) is 11.1 Å². The molecular formula is C15H14BrF6NO. The molecule has 1 aliphatic rings. The van der Waals surface area contributed by atoms with Gasteiger partial charge in [0.1, 0.15) is 0 Å². The van der Waals surface area contributed by atoms with Crippen LogP contribution >= 0.6 is 15.9 Å². The van der Waals surface area contributed by atoms with Gasteiger partial charge in [-0.1, -0.05) is 28.8 Å². The van der Waals surface area contributed by atoms with Crippen LogP contribution in [0, 0.1) is 0 Å². The number of carbonyl (C=O) groups is 1. The second kappa shape index (κ2) is 6.93. The molecule has 1 N–H and O–H groups in total. The summed E-state index contributed by atoms with van der Waals surface area (Å²) >= 11 is 3.37. The maximum absolute atomic E-state index is 12.8. The summed E-state index contributed by atoms with van der Waals surface area (Å²) in [5.41, 5.74) is -3.65. The first-order chi connectivity index (χ1) is 11.0. The summed E-state index contributed by atoms with van der Waals surface area (Å²) in [6.45, 7) is 0. The van der Waals surface area contributed by atoms with E-state index >= 15 is 0 Å². The number of alkyl halides is 7. The summed E-state index contributed by atoms with van der Waals surface area (Å²) in [6.07, 6.45) is -6.76. The number of carbonyl (C=O) groups excluding carboxylic acids is 1. The molecule has 2 unspecified atom stereocenters. The Morgan fingerprint density at radius 1 is 0.958 bits per heavy atom. The van der Waals surface area contributed by atoms with Gasteiger partial charge in [0.15, 0.2) is 0 Å². The van der Waals surface area contributed by atoms with Gasteiger partial charge in [-0.25, -0.2) is 0 Å². The predicted molar refractivity (Wildman–Crippen MR) is 78.9 cm³/mol. The maximum Gasteiger partial charge on any atom is 0.416 e. The molecule has 1 aromatic rings. The van der Waals surface area contributed by atoms with Crippen molar-refractivity contribution in [3.63, 3.8) is 0 Å². The first-order valence-electron chi connectivity index (χ1n) is 7.23. The van der Waals surface area contributed by atoms with Gasteiger partial charge < -0.3 is 5.32 Å². The minimum atomic E-state index is -4.97. The maximum atomic E-state index is 12.8. The van der Waals surface area contributed by atoms with Crippen LogP contribution < -0.4 is 5.32 Å². The van der Waals surface area contributed by atoms with Crippen LogP contribution in [-0.4, -0.2) is 16.8 Å². The van der Waals surface area contributed by atoms with E-state index in [1.165, 1.54) is 0 Å². The van der Waals surface area contributed by atoms with E-state index in [0.717, 1.165) is 19.3 Å². The van der Waals surface area contributed by atoms with E-state index in [-0.39, 0.29) is 16.9 Å². The molecule has 1 saturated carbocycles. The highest BCUT2D eigenvalue weighted by molar-refractivity contribution is 9.09. The fourth-order valence-corrected chi connectivity index (χ4v) is 3.31. The van der Waals surface area contributed by atoms with E-state index in [1.807, 2.05) is 0 Å². The van der Waals surface area contributed by atoms with Crippen molar-refractivity contribution < 1.29 is 31.1 Å². The molecule has 1 fully saturated rings. The molecule has 1 aliphatic carbocycles. The minimum absolute atomic E-state index is 0.00464. The lowest BCUT2D eigenvalue weighted by atomic mass is 9.95. The summed E-state index contributed by atoms with van der Waals surface area (Å²) in [5.74, 6) is -0.942. The molecule has 0 saturated heterocycles. The minimum Gasteiger partial charge on any atom is -0.348 e. The van der Waals surface area contributed by atoms with E-state index in [0.29, 0.717) is 18.6 Å². The van der Waals surface area contributed by atoms with Crippen molar-refractivity contribution in [3.8, 4) is 0 Å². The van der Waals surface area contributed by atoms with Gasteiger partial charge in [-0.2, -0.15) is 26.3 Å². The van der Waals surface area contributed by atoms with Crippen LogP contribution in [0.1, 0.15) is 47.2 Å². The molecule has 1 amide bonds. The first-order valence-corrected chi connectivity index (χ1v) is 8.14. The zero-order chi connectivity index (χ0) is 18.1. The van der Waals surface area contributed by atoms with Crippen LogP contribution in [0.15, 0.2) is 18.2 Å². The third-order valence-corrected chi connectivity index (χ3v) is 4.94. The lowest BCUT2D eigenvalue weighted by molar-refractivity contribution is -0.143. The molecule has 2 rings (SSSR count). The molecule has 0 aliphatic heterocycles. The van der Waals surface area contributed by atoms with Crippen LogP contribution in [0.2, 0.25) is 0 Å². The number of hydrogen-bond acceptors (Lipinski definition) is 1. The van der Waals surface area contributed by atoms with Gasteiger partial charge in [0, 0.05) is 16.4 Å². The van der Waals surface area contributed by atoms with Crippen molar-refractivity contribution in [3.05, 3.63) is 34.9 Å².